The molecule has 1 aliphatic rings. The van der Waals surface area contributed by atoms with E-state index in [1.807, 2.05) is 78.9 Å². The van der Waals surface area contributed by atoms with Gasteiger partial charge in [0.1, 0.15) is 23.1 Å². The number of hydrogen-bond acceptors (Lipinski definition) is 27. The number of nitrogens with one attached hydrogen (secondary N) is 4. The first-order chi connectivity index (χ1) is 55.7. The Bertz CT molecular complexity index is 3860. The molecule has 115 heavy (non-hydrogen) atoms. The summed E-state index contributed by atoms with van der Waals surface area (Å²) in [6, 6.07) is 28.1. The highest BCUT2D eigenvalue weighted by Gasteiger charge is 2.44. The van der Waals surface area contributed by atoms with Crippen molar-refractivity contribution in [3.05, 3.63) is 148 Å². The van der Waals surface area contributed by atoms with Crippen LogP contribution in [0.15, 0.2) is 114 Å². The number of benzene rings is 4. The molecule has 632 valence electrons. The highest BCUT2D eigenvalue weighted by atomic mass is 19.4. The summed E-state index contributed by atoms with van der Waals surface area (Å²) >= 11 is 0. The van der Waals surface area contributed by atoms with Crippen LogP contribution < -0.4 is 35.9 Å². The molecule has 6 aromatic rings. The van der Waals surface area contributed by atoms with Gasteiger partial charge in [0.15, 0.2) is 11.2 Å². The number of alkyl halides is 3. The summed E-state index contributed by atoms with van der Waals surface area (Å²) in [7, 11) is 4.33. The molecule has 7 rings (SSSR count). The van der Waals surface area contributed by atoms with E-state index < -0.39 is 71.5 Å². The van der Waals surface area contributed by atoms with Crippen LogP contribution in [0.4, 0.5) is 24.8 Å². The first-order valence-corrected chi connectivity index (χ1v) is 37.8. The molecular formula is C79H106F3N9O24. The number of aromatic nitrogens is 4. The molecule has 4 aromatic carbocycles. The van der Waals surface area contributed by atoms with Gasteiger partial charge in [-0.05, 0) is 78.1 Å². The van der Waals surface area contributed by atoms with Gasteiger partial charge in [-0.25, -0.2) is 14.8 Å². The third kappa shape index (κ3) is 32.4. The molecule has 0 bridgehead atoms. The molecule has 1 fully saturated rings. The van der Waals surface area contributed by atoms with E-state index in [9.17, 15) is 51.8 Å². The van der Waals surface area contributed by atoms with Gasteiger partial charge in [0.2, 0.25) is 23.7 Å². The number of rotatable bonds is 58. The Morgan fingerprint density at radius 1 is 0.591 bits per heavy atom. The molecule has 36 heteroatoms. The molecule has 5 N–H and O–H groups in total. The Balaban J connectivity index is 0.596. The Morgan fingerprint density at radius 3 is 1.50 bits per heavy atom. The van der Waals surface area contributed by atoms with Crippen LogP contribution in [-0.4, -0.2) is 289 Å². The van der Waals surface area contributed by atoms with Crippen molar-refractivity contribution in [2.45, 2.75) is 76.0 Å². The lowest BCUT2D eigenvalue weighted by molar-refractivity contribution is -0.170. The number of esters is 1. The molecule has 0 aliphatic carbocycles. The van der Waals surface area contributed by atoms with Gasteiger partial charge in [-0.15, -0.1) is 0 Å². The van der Waals surface area contributed by atoms with Crippen molar-refractivity contribution in [3.8, 4) is 11.5 Å². The molecule has 0 radical (unpaired) electrons. The van der Waals surface area contributed by atoms with E-state index in [-0.39, 0.29) is 111 Å². The number of hydrogen-bond donors (Lipinski definition) is 5. The number of aliphatic hydroxyl groups is 1. The number of amides is 5. The number of H-pyrrole nitrogens is 1. The highest BCUT2D eigenvalue weighted by molar-refractivity contribution is 6.00. The lowest BCUT2D eigenvalue weighted by atomic mass is 9.80. The molecule has 5 amide bonds. The minimum absolute atomic E-state index is 0.115. The number of β-amino-alcohol motifs (C(OH)–C–C–N with tert-alkyl or cyclic N) is 1. The number of carbonyl (C=O) groups excluding carboxylic acids is 6. The van der Waals surface area contributed by atoms with Crippen molar-refractivity contribution in [1.29, 1.82) is 0 Å². The number of anilines is 2. The monoisotopic (exact) mass is 1620 g/mol. The summed E-state index contributed by atoms with van der Waals surface area (Å²) in [5.74, 6) is -4.28. The highest BCUT2D eigenvalue weighted by Crippen LogP contribution is 2.42. The van der Waals surface area contributed by atoms with Gasteiger partial charge in [0.25, 0.3) is 11.5 Å². The number of methoxy groups -OCH3 is 3. The molecular weight excluding hydrogens is 1520 g/mol. The SMILES string of the molecule is COC(=O)[C@H](CCC(=O)NCCOCCOCCOCCOCCOCCOCCOCCOCCOCCOCCOCCOCCC(=O)N1C[C@H](O)C[C@H]1COC(c1ccccc1)(c1ccc(OC)cc1)c1ccc(OC)cc1)NC(=O)c1ccc(N(Cc2cnc3nc(NC(=O)C(C)C)[nH]c(=O)c3n2)C(=O)C(F)(F)F)cc1. The fraction of sp³-hybridized carbons (Fsp3) is 0.544. The van der Waals surface area contributed by atoms with Crippen molar-refractivity contribution < 1.29 is 123 Å². The maximum Gasteiger partial charge on any atom is 0.471 e. The number of likely N-dealkylation sites (tertiary alicyclic amines) is 1. The molecule has 3 heterocycles. The zero-order chi connectivity index (χ0) is 82.5. The topological polar surface area (TPSA) is 384 Å². The second-order valence-electron chi connectivity index (χ2n) is 26.0. The molecule has 2 aromatic heterocycles. The first kappa shape index (κ1) is 92.9. The lowest BCUT2D eigenvalue weighted by Crippen LogP contribution is -2.42. The van der Waals surface area contributed by atoms with Crippen molar-refractivity contribution in [2.75, 3.05) is 210 Å². The second-order valence-corrected chi connectivity index (χ2v) is 26.0. The molecule has 0 unspecified atom stereocenters. The average Bonchev–Trinajstić information content (AvgIpc) is 1.24. The van der Waals surface area contributed by atoms with Crippen LogP contribution in [0, 0.1) is 5.92 Å². The van der Waals surface area contributed by atoms with Crippen LogP contribution in [0.3, 0.4) is 0 Å². The van der Waals surface area contributed by atoms with E-state index in [0.717, 1.165) is 54.3 Å². The van der Waals surface area contributed by atoms with E-state index in [0.29, 0.717) is 155 Å². The molecule has 33 nitrogen and oxygen atoms in total. The molecule has 1 aliphatic heterocycles. The van der Waals surface area contributed by atoms with Crippen LogP contribution in [0.25, 0.3) is 11.2 Å². The number of aromatic amines is 1. The van der Waals surface area contributed by atoms with Crippen molar-refractivity contribution in [2.24, 2.45) is 5.92 Å². The van der Waals surface area contributed by atoms with Crippen LogP contribution in [0.5, 0.6) is 11.5 Å². The number of nitrogens with zero attached hydrogens (tertiary/aromatic N) is 5. The zero-order valence-electron chi connectivity index (χ0n) is 65.5. The molecule has 1 saturated heterocycles. The van der Waals surface area contributed by atoms with E-state index in [4.69, 9.17) is 75.8 Å². The molecule has 3 atom stereocenters. The summed E-state index contributed by atoms with van der Waals surface area (Å²) in [6.45, 7) is 11.5. The Kier molecular flexibility index (Phi) is 41.7. The molecule has 0 saturated carbocycles. The van der Waals surface area contributed by atoms with E-state index in [1.165, 1.54) is 0 Å². The summed E-state index contributed by atoms with van der Waals surface area (Å²) in [4.78, 5) is 106. The van der Waals surface area contributed by atoms with E-state index in [1.54, 1.807) is 33.0 Å². The van der Waals surface area contributed by atoms with E-state index >= 15 is 0 Å². The Morgan fingerprint density at radius 2 is 1.05 bits per heavy atom. The van der Waals surface area contributed by atoms with E-state index in [2.05, 4.69) is 35.9 Å². The van der Waals surface area contributed by atoms with Gasteiger partial charge in [0, 0.05) is 36.7 Å². The average molecular weight is 1620 g/mol. The first-order valence-electron chi connectivity index (χ1n) is 37.8. The normalized spacial score (nSPS) is 13.9. The van der Waals surface area contributed by atoms with Crippen LogP contribution in [0.2, 0.25) is 0 Å². The van der Waals surface area contributed by atoms with Crippen molar-refractivity contribution in [3.63, 3.8) is 0 Å². The van der Waals surface area contributed by atoms with Gasteiger partial charge >= 0.3 is 18.1 Å². The maximum atomic E-state index is 13.9. The number of fused-ring (bicyclic) bond motifs is 1. The van der Waals surface area contributed by atoms with Crippen LogP contribution in [0.1, 0.15) is 72.3 Å². The predicted molar refractivity (Wildman–Crippen MR) is 409 cm³/mol. The predicted octanol–water partition coefficient (Wildman–Crippen LogP) is 5.15. The minimum Gasteiger partial charge on any atom is -0.497 e. The van der Waals surface area contributed by atoms with Crippen LogP contribution >= 0.6 is 0 Å². The number of halogens is 3. The maximum absolute atomic E-state index is 13.9. The number of aliphatic hydroxyl groups excluding tert-OH is 1. The van der Waals surface area contributed by atoms with Gasteiger partial charge in [0.05, 0.1) is 224 Å². The summed E-state index contributed by atoms with van der Waals surface area (Å²) in [6.07, 6.45) is -4.88. The summed E-state index contributed by atoms with van der Waals surface area (Å²) in [5, 5.41) is 18.3. The summed E-state index contributed by atoms with van der Waals surface area (Å²) < 4.78 is 131. The largest absolute Gasteiger partial charge is 0.497 e. The zero-order valence-corrected chi connectivity index (χ0v) is 65.5. The van der Waals surface area contributed by atoms with Gasteiger partial charge in [-0.2, -0.15) is 18.2 Å². The van der Waals surface area contributed by atoms with Crippen LogP contribution in [-0.2, 0) is 102 Å². The smallest absolute Gasteiger partial charge is 0.471 e. The minimum atomic E-state index is -5.35. The third-order valence-corrected chi connectivity index (χ3v) is 17.4. The van der Waals surface area contributed by atoms with Crippen molar-refractivity contribution >= 4 is 58.3 Å². The third-order valence-electron chi connectivity index (χ3n) is 17.4. The summed E-state index contributed by atoms with van der Waals surface area (Å²) in [5.41, 5.74) is -0.531. The second kappa shape index (κ2) is 51.7. The fourth-order valence-corrected chi connectivity index (χ4v) is 11.5. The number of carbonyl (C=O) groups is 6. The number of ether oxygens (including phenoxy) is 16. The van der Waals surface area contributed by atoms with Crippen molar-refractivity contribution in [1.82, 2.24) is 35.5 Å². The van der Waals surface area contributed by atoms with Gasteiger partial charge in [-0.3, -0.25) is 44.0 Å². The van der Waals surface area contributed by atoms with Gasteiger partial charge in [-0.1, -0.05) is 68.4 Å². The fourth-order valence-electron chi connectivity index (χ4n) is 11.5. The van der Waals surface area contributed by atoms with Gasteiger partial charge < -0.3 is 96.4 Å². The Labute approximate surface area is 665 Å². The Hall–Kier alpha value is -9.25. The lowest BCUT2D eigenvalue weighted by Gasteiger charge is -2.38. The standard InChI is InChI=1S/C79H106F3N9O24/c1-56(2)72(95)88-77-87-71-70(74(97)89-77)85-61(52-84-71)53-91(76(99)79(80,81)82)62-17-11-57(12-18-62)73(96)86-67(75(98)102-5)23-24-68(93)83-26-28-104-30-32-106-34-36-108-38-40-110-42-44-112-46-48-114-50-49-113-47-45-111-43-41-109-39-37-107-35-33-105-31-29-103-27-25-69(94)90-54-64(92)51-63(90)55-115-78(58-9-7-6-8-10-58,59-13-19-65(100-3)20-14-59)60-15-21-66(101-4)22-16-60/h6-22,52,56,63-64,67,92H,23-51,53-55H2,1-5H3,(H,83,93)(H,86,96)(H2,84,87,88,89,95,97)/t63-,64+,67-/m0/s1. The molecule has 0 spiro atoms. The quantitative estimate of drug-likeness (QED) is 0.0187.